The van der Waals surface area contributed by atoms with Crippen LogP contribution >= 0.6 is 0 Å². The summed E-state index contributed by atoms with van der Waals surface area (Å²) < 4.78 is 33.3. The molecule has 1 rings (SSSR count). The number of hydrogen-bond donors (Lipinski definition) is 0. The van der Waals surface area contributed by atoms with Gasteiger partial charge in [-0.2, -0.15) is 8.42 Å². The van der Waals surface area contributed by atoms with Crippen LogP contribution in [0, 0.1) is 17.3 Å². The van der Waals surface area contributed by atoms with Gasteiger partial charge in [0, 0.05) is 19.5 Å². The zero-order valence-corrected chi connectivity index (χ0v) is 19.9. The lowest BCUT2D eigenvalue weighted by atomic mass is 9.84. The van der Waals surface area contributed by atoms with Gasteiger partial charge in [-0.1, -0.05) is 47.6 Å². The third-order valence-electron chi connectivity index (χ3n) is 4.26. The van der Waals surface area contributed by atoms with Crippen molar-refractivity contribution in [2.75, 3.05) is 19.9 Å². The van der Waals surface area contributed by atoms with E-state index < -0.39 is 10.1 Å². The van der Waals surface area contributed by atoms with E-state index in [2.05, 4.69) is 41.5 Å². The average molecular weight is 428 g/mol. The fourth-order valence-corrected chi connectivity index (χ4v) is 3.96. The minimum Gasteiger partial charge on any atom is -0.493 e. The first kappa shape index (κ1) is 25.3. The lowest BCUT2D eigenvalue weighted by Gasteiger charge is -2.28. The van der Waals surface area contributed by atoms with Crippen LogP contribution < -0.4 is 8.92 Å². The molecule has 1 amide bonds. The van der Waals surface area contributed by atoms with Gasteiger partial charge in [-0.05, 0) is 41.4 Å². The Labute approximate surface area is 176 Å². The molecule has 0 aliphatic carbocycles. The average Bonchev–Trinajstić information content (AvgIpc) is 2.50. The zero-order chi connectivity index (χ0) is 22.4. The van der Waals surface area contributed by atoms with Crippen LogP contribution in [-0.2, 0) is 21.5 Å². The first-order chi connectivity index (χ1) is 13.2. The predicted molar refractivity (Wildman–Crippen MR) is 117 cm³/mol. The molecule has 1 atom stereocenters. The van der Waals surface area contributed by atoms with Crippen molar-refractivity contribution >= 4 is 16.0 Å². The molecular weight excluding hydrogens is 390 g/mol. The summed E-state index contributed by atoms with van der Waals surface area (Å²) in [6, 6.07) is 5.11. The number of carbonyl (C=O) groups excluding carboxylic acids is 1. The van der Waals surface area contributed by atoms with Gasteiger partial charge in [-0.25, -0.2) is 0 Å². The second-order valence-electron chi connectivity index (χ2n) is 9.51. The van der Waals surface area contributed by atoms with E-state index in [9.17, 15) is 13.2 Å². The second kappa shape index (κ2) is 10.3. The van der Waals surface area contributed by atoms with Gasteiger partial charge < -0.3 is 13.8 Å². The van der Waals surface area contributed by atoms with Crippen molar-refractivity contribution in [3.05, 3.63) is 23.8 Å². The van der Waals surface area contributed by atoms with E-state index in [1.54, 1.807) is 12.1 Å². The van der Waals surface area contributed by atoms with Crippen molar-refractivity contribution in [2.24, 2.45) is 17.3 Å². The maximum Gasteiger partial charge on any atom is 0.306 e. The SMILES string of the molecule is COc1ccc(CN(CC(C)C)C(=O)C[C@H](C)CC(C)(C)C)cc1OS(C)(=O)=O. The van der Waals surface area contributed by atoms with Gasteiger partial charge in [0.2, 0.25) is 5.91 Å². The number of amides is 1. The molecule has 0 saturated carbocycles. The predicted octanol–water partition coefficient (Wildman–Crippen LogP) is 4.48. The molecule has 0 spiro atoms. The van der Waals surface area contributed by atoms with Crippen molar-refractivity contribution in [3.63, 3.8) is 0 Å². The van der Waals surface area contributed by atoms with Gasteiger partial charge in [0.05, 0.1) is 13.4 Å². The molecule has 0 N–H and O–H groups in total. The Morgan fingerprint density at radius 3 is 2.24 bits per heavy atom. The lowest BCUT2D eigenvalue weighted by Crippen LogP contribution is -2.35. The minimum atomic E-state index is -3.68. The van der Waals surface area contributed by atoms with Crippen LogP contribution in [0.5, 0.6) is 11.5 Å². The third kappa shape index (κ3) is 10.0. The molecule has 0 radical (unpaired) electrons. The molecule has 0 aromatic heterocycles. The molecule has 0 aliphatic heterocycles. The van der Waals surface area contributed by atoms with Crippen molar-refractivity contribution in [3.8, 4) is 11.5 Å². The Morgan fingerprint density at radius 1 is 1.14 bits per heavy atom. The van der Waals surface area contributed by atoms with Gasteiger partial charge in [0.1, 0.15) is 0 Å². The largest absolute Gasteiger partial charge is 0.493 e. The normalized spacial score (nSPS) is 13.3. The highest BCUT2D eigenvalue weighted by atomic mass is 32.2. The number of hydrogen-bond acceptors (Lipinski definition) is 5. The highest BCUT2D eigenvalue weighted by Gasteiger charge is 2.22. The van der Waals surface area contributed by atoms with Gasteiger partial charge in [0.15, 0.2) is 11.5 Å². The fourth-order valence-electron chi connectivity index (χ4n) is 3.51. The van der Waals surface area contributed by atoms with Gasteiger partial charge in [-0.15, -0.1) is 0 Å². The summed E-state index contributed by atoms with van der Waals surface area (Å²) in [6.45, 7) is 13.8. The van der Waals surface area contributed by atoms with Gasteiger partial charge in [0.25, 0.3) is 0 Å². The third-order valence-corrected chi connectivity index (χ3v) is 4.75. The summed E-state index contributed by atoms with van der Waals surface area (Å²) in [5.41, 5.74) is 0.970. The Kier molecular flexibility index (Phi) is 9.00. The van der Waals surface area contributed by atoms with Crippen molar-refractivity contribution in [1.82, 2.24) is 4.90 Å². The maximum atomic E-state index is 13.0. The number of nitrogens with zero attached hydrogens (tertiary/aromatic N) is 1. The number of benzene rings is 1. The molecule has 7 heteroatoms. The first-order valence-corrected chi connectivity index (χ1v) is 11.9. The summed E-state index contributed by atoms with van der Waals surface area (Å²) >= 11 is 0. The summed E-state index contributed by atoms with van der Waals surface area (Å²) in [5.74, 6) is 1.18. The molecule has 0 saturated heterocycles. The standard InChI is InChI=1S/C22H37NO5S/c1-16(2)14-23(21(24)11-17(3)13-22(4,5)6)15-18-9-10-19(27-7)20(12-18)28-29(8,25)26/h9-10,12,16-17H,11,13-15H2,1-8H3/t17-/m0/s1. The number of carbonyl (C=O) groups is 1. The molecule has 1 aromatic rings. The molecule has 6 nitrogen and oxygen atoms in total. The molecule has 1 aromatic carbocycles. The molecule has 0 fully saturated rings. The number of methoxy groups -OCH3 is 1. The van der Waals surface area contributed by atoms with E-state index in [0.29, 0.717) is 31.2 Å². The van der Waals surface area contributed by atoms with E-state index in [4.69, 9.17) is 8.92 Å². The van der Waals surface area contributed by atoms with E-state index in [1.165, 1.54) is 7.11 Å². The highest BCUT2D eigenvalue weighted by Crippen LogP contribution is 2.30. The summed E-state index contributed by atoms with van der Waals surface area (Å²) in [5, 5.41) is 0. The van der Waals surface area contributed by atoms with Crippen LogP contribution in [0.4, 0.5) is 0 Å². The van der Waals surface area contributed by atoms with Crippen molar-refractivity contribution in [1.29, 1.82) is 0 Å². The summed E-state index contributed by atoms with van der Waals surface area (Å²) in [4.78, 5) is 14.8. The summed E-state index contributed by atoms with van der Waals surface area (Å²) in [7, 11) is -2.23. The van der Waals surface area contributed by atoms with Crippen LogP contribution in [0.15, 0.2) is 18.2 Å². The van der Waals surface area contributed by atoms with Crippen LogP contribution in [0.25, 0.3) is 0 Å². The van der Waals surface area contributed by atoms with Crippen molar-refractivity contribution < 1.29 is 22.1 Å². The second-order valence-corrected chi connectivity index (χ2v) is 11.1. The van der Waals surface area contributed by atoms with E-state index in [-0.39, 0.29) is 23.0 Å². The molecule has 0 unspecified atom stereocenters. The van der Waals surface area contributed by atoms with Crippen molar-refractivity contribution in [2.45, 2.75) is 60.9 Å². The first-order valence-electron chi connectivity index (χ1n) is 10.0. The summed E-state index contributed by atoms with van der Waals surface area (Å²) in [6.07, 6.45) is 2.46. The Bertz CT molecular complexity index is 781. The quantitative estimate of drug-likeness (QED) is 0.515. The highest BCUT2D eigenvalue weighted by molar-refractivity contribution is 7.86. The zero-order valence-electron chi connectivity index (χ0n) is 19.1. The van der Waals surface area contributed by atoms with E-state index in [1.807, 2.05) is 11.0 Å². The Balaban J connectivity index is 3.03. The minimum absolute atomic E-state index is 0.108. The molecule has 0 bridgehead atoms. The molecule has 29 heavy (non-hydrogen) atoms. The van der Waals surface area contributed by atoms with E-state index in [0.717, 1.165) is 18.2 Å². The van der Waals surface area contributed by atoms with Gasteiger partial charge >= 0.3 is 10.1 Å². The Hall–Kier alpha value is -1.76. The van der Waals surface area contributed by atoms with Crippen LogP contribution in [-0.4, -0.2) is 39.1 Å². The lowest BCUT2D eigenvalue weighted by molar-refractivity contribution is -0.133. The van der Waals surface area contributed by atoms with Crippen LogP contribution in [0.1, 0.15) is 59.9 Å². The monoisotopic (exact) mass is 427 g/mol. The molecule has 166 valence electrons. The smallest absolute Gasteiger partial charge is 0.306 e. The fraction of sp³-hybridized carbons (Fsp3) is 0.682. The molecule has 0 heterocycles. The van der Waals surface area contributed by atoms with Crippen LogP contribution in [0.3, 0.4) is 0 Å². The maximum absolute atomic E-state index is 13.0. The number of rotatable bonds is 10. The van der Waals surface area contributed by atoms with E-state index >= 15 is 0 Å². The topological polar surface area (TPSA) is 72.9 Å². The molecule has 0 aliphatic rings. The Morgan fingerprint density at radius 2 is 1.76 bits per heavy atom. The van der Waals surface area contributed by atoms with Gasteiger partial charge in [-0.3, -0.25) is 4.79 Å². The molecular formula is C22H37NO5S. The number of ether oxygens (including phenoxy) is 1. The van der Waals surface area contributed by atoms with Crippen LogP contribution in [0.2, 0.25) is 0 Å².